The molecule has 1 aromatic heterocycles. The summed E-state index contributed by atoms with van der Waals surface area (Å²) >= 11 is 0. The van der Waals surface area contributed by atoms with Gasteiger partial charge in [0, 0.05) is 43.4 Å². The van der Waals surface area contributed by atoms with Gasteiger partial charge in [-0.25, -0.2) is 4.79 Å². The SMILES string of the molecule is COc1cc(C)c2c(ccn2C(=O)OC(C)(C)C)c1CN1CCC2(CCCCO2)CC1. The predicted octanol–water partition coefficient (Wildman–Crippen LogP) is 5.28. The first-order valence-corrected chi connectivity index (χ1v) is 11.5. The van der Waals surface area contributed by atoms with E-state index in [1.165, 1.54) is 19.3 Å². The molecule has 0 bridgehead atoms. The molecule has 2 aliphatic rings. The number of carbonyl (C=O) groups excluding carboxylic acids is 1. The smallest absolute Gasteiger partial charge is 0.419 e. The highest BCUT2D eigenvalue weighted by atomic mass is 16.6. The number of likely N-dealkylation sites (tertiary alicyclic amines) is 1. The van der Waals surface area contributed by atoms with E-state index in [4.69, 9.17) is 14.2 Å². The lowest BCUT2D eigenvalue weighted by Gasteiger charge is -2.44. The minimum atomic E-state index is -0.540. The maximum atomic E-state index is 12.8. The van der Waals surface area contributed by atoms with Crippen LogP contribution in [0.4, 0.5) is 4.79 Å². The van der Waals surface area contributed by atoms with E-state index in [1.54, 1.807) is 11.7 Å². The first-order valence-electron chi connectivity index (χ1n) is 11.5. The molecule has 2 aromatic rings. The summed E-state index contributed by atoms with van der Waals surface area (Å²) < 4.78 is 19.2. The standard InChI is InChI=1S/C25H36N2O4/c1-18-16-21(29-5)20(17-26-13-10-25(11-14-26)9-6-7-15-30-25)19-8-12-27(22(18)19)23(28)31-24(2,3)4/h8,12,16H,6-7,9-11,13-15,17H2,1-5H3. The Balaban J connectivity index is 1.60. The van der Waals surface area contributed by atoms with Crippen molar-refractivity contribution in [2.45, 2.75) is 77.5 Å². The van der Waals surface area contributed by atoms with Gasteiger partial charge in [-0.3, -0.25) is 9.47 Å². The second-order valence-electron chi connectivity index (χ2n) is 10.1. The lowest BCUT2D eigenvalue weighted by atomic mass is 9.84. The van der Waals surface area contributed by atoms with Crippen molar-refractivity contribution in [3.63, 3.8) is 0 Å². The summed E-state index contributed by atoms with van der Waals surface area (Å²) in [5.41, 5.74) is 2.59. The molecule has 4 rings (SSSR count). The highest BCUT2D eigenvalue weighted by molar-refractivity contribution is 5.95. The molecule has 0 amide bonds. The Morgan fingerprint density at radius 3 is 2.55 bits per heavy atom. The van der Waals surface area contributed by atoms with E-state index in [2.05, 4.69) is 4.90 Å². The van der Waals surface area contributed by atoms with E-state index in [0.29, 0.717) is 0 Å². The minimum absolute atomic E-state index is 0.0987. The molecule has 0 atom stereocenters. The minimum Gasteiger partial charge on any atom is -0.496 e. The van der Waals surface area contributed by atoms with Gasteiger partial charge in [0.1, 0.15) is 11.4 Å². The van der Waals surface area contributed by atoms with E-state index >= 15 is 0 Å². The summed E-state index contributed by atoms with van der Waals surface area (Å²) in [7, 11) is 1.72. The zero-order chi connectivity index (χ0) is 22.2. The largest absolute Gasteiger partial charge is 0.496 e. The van der Waals surface area contributed by atoms with Crippen LogP contribution in [0.1, 0.15) is 64.0 Å². The maximum absolute atomic E-state index is 12.8. The number of carbonyl (C=O) groups is 1. The third-order valence-corrected chi connectivity index (χ3v) is 6.62. The predicted molar refractivity (Wildman–Crippen MR) is 122 cm³/mol. The van der Waals surface area contributed by atoms with Crippen LogP contribution in [0, 0.1) is 6.92 Å². The van der Waals surface area contributed by atoms with Crippen molar-refractivity contribution in [1.82, 2.24) is 9.47 Å². The number of rotatable bonds is 3. The summed E-state index contributed by atoms with van der Waals surface area (Å²) in [6, 6.07) is 4.05. The first kappa shape index (κ1) is 22.2. The summed E-state index contributed by atoms with van der Waals surface area (Å²) in [5, 5.41) is 1.05. The number of benzene rings is 1. The molecule has 1 spiro atoms. The third-order valence-electron chi connectivity index (χ3n) is 6.62. The quantitative estimate of drug-likeness (QED) is 0.666. The van der Waals surface area contributed by atoms with Crippen molar-refractivity contribution < 1.29 is 19.0 Å². The van der Waals surface area contributed by atoms with Crippen molar-refractivity contribution in [2.75, 3.05) is 26.8 Å². The number of piperidine rings is 1. The van der Waals surface area contributed by atoms with Crippen LogP contribution in [0.2, 0.25) is 0 Å². The number of nitrogens with zero attached hydrogens (tertiary/aromatic N) is 2. The summed E-state index contributed by atoms with van der Waals surface area (Å²) in [5.74, 6) is 0.876. The molecule has 170 valence electrons. The van der Waals surface area contributed by atoms with E-state index in [9.17, 15) is 4.79 Å². The molecule has 2 aliphatic heterocycles. The monoisotopic (exact) mass is 428 g/mol. The lowest BCUT2D eigenvalue weighted by molar-refractivity contribution is -0.112. The van der Waals surface area contributed by atoms with Gasteiger partial charge in [-0.05, 0) is 77.5 Å². The van der Waals surface area contributed by atoms with Crippen molar-refractivity contribution in [3.8, 4) is 5.75 Å². The molecule has 1 aromatic carbocycles. The Bertz CT molecular complexity index is 941. The summed E-state index contributed by atoms with van der Waals surface area (Å²) in [6.45, 7) is 11.4. The Morgan fingerprint density at radius 1 is 1.19 bits per heavy atom. The van der Waals surface area contributed by atoms with Gasteiger partial charge in [-0.2, -0.15) is 0 Å². The fourth-order valence-electron chi connectivity index (χ4n) is 5.02. The van der Waals surface area contributed by atoms with Gasteiger partial charge in [-0.1, -0.05) is 0 Å². The number of ether oxygens (including phenoxy) is 3. The molecule has 0 unspecified atom stereocenters. The van der Waals surface area contributed by atoms with Gasteiger partial charge < -0.3 is 14.2 Å². The zero-order valence-corrected chi connectivity index (χ0v) is 19.6. The Labute approximate surface area is 185 Å². The number of hydrogen-bond acceptors (Lipinski definition) is 5. The van der Waals surface area contributed by atoms with E-state index in [0.717, 1.165) is 66.9 Å². The number of fused-ring (bicyclic) bond motifs is 1. The summed E-state index contributed by atoms with van der Waals surface area (Å²) in [6.07, 6.45) is 7.31. The van der Waals surface area contributed by atoms with Crippen molar-refractivity contribution in [2.24, 2.45) is 0 Å². The first-order chi connectivity index (χ1) is 14.7. The number of methoxy groups -OCH3 is 1. The van der Waals surface area contributed by atoms with Crippen molar-refractivity contribution >= 4 is 17.0 Å². The van der Waals surface area contributed by atoms with Gasteiger partial charge in [0.15, 0.2) is 0 Å². The van der Waals surface area contributed by atoms with Crippen LogP contribution in [0.15, 0.2) is 18.3 Å². The van der Waals surface area contributed by atoms with Crippen molar-refractivity contribution in [1.29, 1.82) is 0 Å². The summed E-state index contributed by atoms with van der Waals surface area (Å²) in [4.78, 5) is 15.3. The van der Waals surface area contributed by atoms with Crippen LogP contribution in [0.5, 0.6) is 5.75 Å². The normalized spacial score (nSPS) is 19.6. The van der Waals surface area contributed by atoms with Crippen LogP contribution in [-0.4, -0.2) is 53.6 Å². The lowest BCUT2D eigenvalue weighted by Crippen LogP contribution is -2.47. The molecule has 0 N–H and O–H groups in total. The maximum Gasteiger partial charge on any atom is 0.419 e. The molecule has 2 fully saturated rings. The molecular formula is C25H36N2O4. The van der Waals surface area contributed by atoms with E-state index in [-0.39, 0.29) is 11.7 Å². The molecule has 3 heterocycles. The average Bonchev–Trinajstić information content (AvgIpc) is 3.17. The Kier molecular flexibility index (Phi) is 6.05. The van der Waals surface area contributed by atoms with Crippen LogP contribution < -0.4 is 4.74 Å². The second kappa shape index (κ2) is 8.47. The van der Waals surface area contributed by atoms with Gasteiger partial charge in [0.05, 0.1) is 18.2 Å². The Morgan fingerprint density at radius 2 is 1.94 bits per heavy atom. The van der Waals surface area contributed by atoms with Gasteiger partial charge in [0.25, 0.3) is 0 Å². The van der Waals surface area contributed by atoms with Crippen LogP contribution >= 0.6 is 0 Å². The van der Waals surface area contributed by atoms with Gasteiger partial charge >= 0.3 is 6.09 Å². The fraction of sp³-hybridized carbons (Fsp3) is 0.640. The molecule has 2 saturated heterocycles. The van der Waals surface area contributed by atoms with Crippen LogP contribution in [0.25, 0.3) is 10.9 Å². The zero-order valence-electron chi connectivity index (χ0n) is 19.6. The number of hydrogen-bond donors (Lipinski definition) is 0. The average molecular weight is 429 g/mol. The molecule has 6 heteroatoms. The van der Waals surface area contributed by atoms with Crippen LogP contribution in [0.3, 0.4) is 0 Å². The molecule has 0 saturated carbocycles. The van der Waals surface area contributed by atoms with E-state index < -0.39 is 5.60 Å². The molecule has 0 aliphatic carbocycles. The second-order valence-corrected chi connectivity index (χ2v) is 10.1. The van der Waals surface area contributed by atoms with Gasteiger partial charge in [0.2, 0.25) is 0 Å². The highest BCUT2D eigenvalue weighted by Gasteiger charge is 2.37. The van der Waals surface area contributed by atoms with Gasteiger partial charge in [-0.15, -0.1) is 0 Å². The molecule has 6 nitrogen and oxygen atoms in total. The van der Waals surface area contributed by atoms with E-state index in [1.807, 2.05) is 46.0 Å². The Hall–Kier alpha value is -2.05. The number of aryl methyl sites for hydroxylation is 1. The topological polar surface area (TPSA) is 52.9 Å². The molecular weight excluding hydrogens is 392 g/mol. The van der Waals surface area contributed by atoms with Crippen LogP contribution in [-0.2, 0) is 16.0 Å². The third kappa shape index (κ3) is 4.60. The molecule has 31 heavy (non-hydrogen) atoms. The fourth-order valence-corrected chi connectivity index (χ4v) is 5.02. The number of aromatic nitrogens is 1. The van der Waals surface area contributed by atoms with Crippen molar-refractivity contribution in [3.05, 3.63) is 29.5 Å². The highest BCUT2D eigenvalue weighted by Crippen LogP contribution is 2.37. The molecule has 0 radical (unpaired) electrons.